The maximum atomic E-state index is 13.8. The second-order valence-corrected chi connectivity index (χ2v) is 4.42. The number of rotatable bonds is 3. The van der Waals surface area contributed by atoms with Crippen LogP contribution in [0.3, 0.4) is 0 Å². The van der Waals surface area contributed by atoms with Gasteiger partial charge < -0.3 is 9.84 Å². The van der Waals surface area contributed by atoms with Crippen LogP contribution in [0.4, 0.5) is 13.2 Å². The summed E-state index contributed by atoms with van der Waals surface area (Å²) in [7, 11) is 1.31. The number of ether oxygens (including phenoxy) is 1. The van der Waals surface area contributed by atoms with Crippen LogP contribution in [0, 0.1) is 24.4 Å². The second kappa shape index (κ2) is 5.54. The molecule has 0 aliphatic rings. The minimum Gasteiger partial charge on any atom is -0.494 e. The second-order valence-electron chi connectivity index (χ2n) is 4.42. The molecule has 2 aromatic rings. The number of benzene rings is 2. The van der Waals surface area contributed by atoms with E-state index in [0.29, 0.717) is 0 Å². The van der Waals surface area contributed by atoms with E-state index in [1.54, 1.807) is 0 Å². The lowest BCUT2D eigenvalue weighted by Crippen LogP contribution is -2.05. The Labute approximate surface area is 114 Å². The van der Waals surface area contributed by atoms with Crippen LogP contribution in [0.1, 0.15) is 22.8 Å². The topological polar surface area (TPSA) is 29.5 Å². The van der Waals surface area contributed by atoms with E-state index in [0.717, 1.165) is 18.2 Å². The minimum absolute atomic E-state index is 0.0107. The van der Waals surface area contributed by atoms with Crippen molar-refractivity contribution in [3.05, 3.63) is 64.5 Å². The molecule has 20 heavy (non-hydrogen) atoms. The van der Waals surface area contributed by atoms with Gasteiger partial charge in [-0.3, -0.25) is 0 Å². The Morgan fingerprint density at radius 1 is 1.00 bits per heavy atom. The van der Waals surface area contributed by atoms with E-state index in [1.807, 2.05) is 0 Å². The van der Waals surface area contributed by atoms with E-state index in [9.17, 15) is 18.3 Å². The minimum atomic E-state index is -1.45. The first-order chi connectivity index (χ1) is 9.43. The zero-order valence-electron chi connectivity index (χ0n) is 11.0. The van der Waals surface area contributed by atoms with E-state index < -0.39 is 23.6 Å². The van der Waals surface area contributed by atoms with Gasteiger partial charge in [0.15, 0.2) is 11.6 Å². The Kier molecular flexibility index (Phi) is 3.99. The van der Waals surface area contributed by atoms with Gasteiger partial charge in [-0.05, 0) is 42.3 Å². The molecule has 2 rings (SSSR count). The first kappa shape index (κ1) is 14.4. The van der Waals surface area contributed by atoms with Crippen molar-refractivity contribution < 1.29 is 23.0 Å². The van der Waals surface area contributed by atoms with Gasteiger partial charge in [0.2, 0.25) is 0 Å². The van der Waals surface area contributed by atoms with Crippen molar-refractivity contribution in [3.8, 4) is 5.75 Å². The van der Waals surface area contributed by atoms with Crippen LogP contribution in [0.25, 0.3) is 0 Å². The van der Waals surface area contributed by atoms with E-state index in [2.05, 4.69) is 0 Å². The molecule has 1 N–H and O–H groups in total. The summed E-state index contributed by atoms with van der Waals surface area (Å²) in [5.41, 5.74) is 0.0162. The molecule has 0 amide bonds. The smallest absolute Gasteiger partial charge is 0.165 e. The zero-order chi connectivity index (χ0) is 14.9. The summed E-state index contributed by atoms with van der Waals surface area (Å²) < 4.78 is 45.5. The molecule has 0 fully saturated rings. The van der Waals surface area contributed by atoms with Crippen LogP contribution in [0.2, 0.25) is 0 Å². The number of halogens is 3. The van der Waals surface area contributed by atoms with Gasteiger partial charge in [0, 0.05) is 5.56 Å². The third-order valence-corrected chi connectivity index (χ3v) is 3.06. The molecule has 2 nitrogen and oxygen atoms in total. The van der Waals surface area contributed by atoms with E-state index in [1.165, 1.54) is 26.2 Å². The van der Waals surface area contributed by atoms with Crippen molar-refractivity contribution in [2.24, 2.45) is 0 Å². The van der Waals surface area contributed by atoms with Gasteiger partial charge in [0.25, 0.3) is 0 Å². The fraction of sp³-hybridized carbons (Fsp3) is 0.200. The Balaban J connectivity index is 2.43. The summed E-state index contributed by atoms with van der Waals surface area (Å²) in [6.07, 6.45) is -1.45. The molecule has 0 saturated carbocycles. The monoisotopic (exact) mass is 282 g/mol. The molecule has 1 atom stereocenters. The SMILES string of the molecule is COc1ccc(C(O)c2cc(F)c(C)cc2F)cc1F. The third kappa shape index (κ3) is 2.63. The number of methoxy groups -OCH3 is 1. The van der Waals surface area contributed by atoms with Crippen LogP contribution in [-0.4, -0.2) is 12.2 Å². The van der Waals surface area contributed by atoms with Crippen molar-refractivity contribution in [3.63, 3.8) is 0 Å². The Morgan fingerprint density at radius 2 is 1.70 bits per heavy atom. The average Bonchev–Trinajstić information content (AvgIpc) is 2.42. The molecule has 0 radical (unpaired) electrons. The van der Waals surface area contributed by atoms with E-state index in [4.69, 9.17) is 4.74 Å². The van der Waals surface area contributed by atoms with Gasteiger partial charge in [0.1, 0.15) is 17.7 Å². The van der Waals surface area contributed by atoms with Gasteiger partial charge in [-0.25, -0.2) is 13.2 Å². The summed E-state index contributed by atoms with van der Waals surface area (Å²) >= 11 is 0. The third-order valence-electron chi connectivity index (χ3n) is 3.06. The molecule has 0 aliphatic carbocycles. The quantitative estimate of drug-likeness (QED) is 0.933. The fourth-order valence-electron chi connectivity index (χ4n) is 1.90. The summed E-state index contributed by atoms with van der Waals surface area (Å²) in [4.78, 5) is 0. The van der Waals surface area contributed by atoms with Crippen LogP contribution in [0.5, 0.6) is 5.75 Å². The summed E-state index contributed by atoms with van der Waals surface area (Å²) in [5, 5.41) is 10.1. The summed E-state index contributed by atoms with van der Waals surface area (Å²) in [5.74, 6) is -2.05. The van der Waals surface area contributed by atoms with Crippen LogP contribution < -0.4 is 4.74 Å². The Hall–Kier alpha value is -2.01. The molecule has 5 heteroatoms. The van der Waals surface area contributed by atoms with Crippen molar-refractivity contribution >= 4 is 0 Å². The van der Waals surface area contributed by atoms with Crippen LogP contribution >= 0.6 is 0 Å². The highest BCUT2D eigenvalue weighted by Crippen LogP contribution is 2.29. The zero-order valence-corrected chi connectivity index (χ0v) is 11.0. The van der Waals surface area contributed by atoms with Crippen molar-refractivity contribution in [2.45, 2.75) is 13.0 Å². The maximum Gasteiger partial charge on any atom is 0.165 e. The molecule has 2 aromatic carbocycles. The molecule has 0 saturated heterocycles. The Morgan fingerprint density at radius 3 is 2.30 bits per heavy atom. The molecular formula is C15H13F3O2. The first-order valence-electron chi connectivity index (χ1n) is 5.91. The normalized spacial score (nSPS) is 12.3. The predicted octanol–water partition coefficient (Wildman–Crippen LogP) is 3.50. The molecule has 106 valence electrons. The largest absolute Gasteiger partial charge is 0.494 e. The molecule has 0 spiro atoms. The highest BCUT2D eigenvalue weighted by atomic mass is 19.1. The molecule has 0 aromatic heterocycles. The van der Waals surface area contributed by atoms with Crippen molar-refractivity contribution in [2.75, 3.05) is 7.11 Å². The number of aliphatic hydroxyl groups is 1. The number of hydrogen-bond acceptors (Lipinski definition) is 2. The first-order valence-corrected chi connectivity index (χ1v) is 5.91. The lowest BCUT2D eigenvalue weighted by molar-refractivity contribution is 0.213. The van der Waals surface area contributed by atoms with Gasteiger partial charge in [0.05, 0.1) is 7.11 Å². The molecule has 0 bridgehead atoms. The average molecular weight is 282 g/mol. The van der Waals surface area contributed by atoms with Gasteiger partial charge in [-0.2, -0.15) is 0 Å². The number of hydrogen-bond donors (Lipinski definition) is 1. The van der Waals surface area contributed by atoms with E-state index in [-0.39, 0.29) is 22.4 Å². The molecular weight excluding hydrogens is 269 g/mol. The lowest BCUT2D eigenvalue weighted by Gasteiger charge is -2.14. The summed E-state index contributed by atoms with van der Waals surface area (Å²) in [6, 6.07) is 5.64. The fourth-order valence-corrected chi connectivity index (χ4v) is 1.90. The van der Waals surface area contributed by atoms with Crippen LogP contribution in [-0.2, 0) is 0 Å². The van der Waals surface area contributed by atoms with Crippen molar-refractivity contribution in [1.29, 1.82) is 0 Å². The van der Waals surface area contributed by atoms with Gasteiger partial charge in [-0.1, -0.05) is 6.07 Å². The number of aliphatic hydroxyl groups excluding tert-OH is 1. The molecule has 0 heterocycles. The highest BCUT2D eigenvalue weighted by molar-refractivity contribution is 5.37. The molecule has 0 aliphatic heterocycles. The number of aryl methyl sites for hydroxylation is 1. The van der Waals surface area contributed by atoms with Gasteiger partial charge >= 0.3 is 0 Å². The van der Waals surface area contributed by atoms with Crippen molar-refractivity contribution in [1.82, 2.24) is 0 Å². The van der Waals surface area contributed by atoms with E-state index >= 15 is 0 Å². The van der Waals surface area contributed by atoms with Gasteiger partial charge in [-0.15, -0.1) is 0 Å². The maximum absolute atomic E-state index is 13.8. The molecule has 1 unspecified atom stereocenters. The Bertz CT molecular complexity index is 641. The lowest BCUT2D eigenvalue weighted by atomic mass is 9.99. The summed E-state index contributed by atoms with van der Waals surface area (Å²) in [6.45, 7) is 1.42. The standard InChI is InChI=1S/C15H13F3O2/c1-8-5-12(17)10(7-11(8)16)15(19)9-3-4-14(20-2)13(18)6-9/h3-7,15,19H,1-2H3. The predicted molar refractivity (Wildman–Crippen MR) is 68.1 cm³/mol. The van der Waals surface area contributed by atoms with Crippen LogP contribution in [0.15, 0.2) is 30.3 Å². The highest BCUT2D eigenvalue weighted by Gasteiger charge is 2.18.